The van der Waals surface area contributed by atoms with Crippen LogP contribution in [0, 0.1) is 16.7 Å². The molecule has 3 unspecified atom stereocenters. The summed E-state index contributed by atoms with van der Waals surface area (Å²) in [6, 6.07) is -0.0348. The maximum atomic E-state index is 12.2. The number of hydrogen-bond acceptors (Lipinski definition) is 3. The fourth-order valence-electron chi connectivity index (χ4n) is 4.08. The quantitative estimate of drug-likeness (QED) is 0.815. The van der Waals surface area contributed by atoms with Gasteiger partial charge in [0, 0.05) is 6.04 Å². The number of nitrogens with one attached hydrogen (secondary N) is 1. The number of carbonyl (C=O) groups excluding carboxylic acids is 1. The zero-order valence-corrected chi connectivity index (χ0v) is 13.5. The molecule has 0 aliphatic heterocycles. The average Bonchev–Trinajstić information content (AvgIpc) is 2.68. The van der Waals surface area contributed by atoms with Crippen molar-refractivity contribution in [3.63, 3.8) is 0 Å². The number of amides is 1. The molecular weight excluding hydrogens is 256 g/mol. The topological polar surface area (TPSA) is 55.1 Å². The number of carbonyl (C=O) groups is 1. The van der Waals surface area contributed by atoms with Crippen LogP contribution in [0.3, 0.4) is 0 Å². The van der Waals surface area contributed by atoms with Gasteiger partial charge in [-0.25, -0.2) is 0 Å². The fraction of sp³-hybridized carbons (Fsp3) is 0.933. The Morgan fingerprint density at radius 3 is 2.63 bits per heavy atom. The third-order valence-corrected chi connectivity index (χ3v) is 6.72. The van der Waals surface area contributed by atoms with Crippen LogP contribution in [0.25, 0.3) is 0 Å². The van der Waals surface area contributed by atoms with E-state index in [0.29, 0.717) is 11.5 Å². The first-order valence-corrected chi connectivity index (χ1v) is 8.77. The maximum absolute atomic E-state index is 12.2. The van der Waals surface area contributed by atoms with E-state index in [1.165, 1.54) is 12.8 Å². The Hall–Kier alpha value is -0.220. The van der Waals surface area contributed by atoms with Crippen molar-refractivity contribution in [3.8, 4) is 0 Å². The lowest BCUT2D eigenvalue weighted by atomic mass is 9.69. The Bertz CT molecular complexity index is 358. The van der Waals surface area contributed by atoms with Crippen molar-refractivity contribution < 1.29 is 4.79 Å². The minimum atomic E-state index is -0.349. The molecule has 19 heavy (non-hydrogen) atoms. The largest absolute Gasteiger partial charge is 0.351 e. The van der Waals surface area contributed by atoms with Gasteiger partial charge in [-0.1, -0.05) is 20.8 Å². The number of fused-ring (bicyclic) bond motifs is 2. The van der Waals surface area contributed by atoms with E-state index in [0.717, 1.165) is 24.5 Å². The van der Waals surface area contributed by atoms with Gasteiger partial charge < -0.3 is 11.1 Å². The molecule has 2 bridgehead atoms. The molecule has 0 spiro atoms. The Kier molecular flexibility index (Phi) is 4.22. The van der Waals surface area contributed by atoms with E-state index >= 15 is 0 Å². The minimum Gasteiger partial charge on any atom is -0.351 e. The smallest absolute Gasteiger partial charge is 0.237 e. The highest BCUT2D eigenvalue weighted by molar-refractivity contribution is 7.98. The second kappa shape index (κ2) is 5.28. The van der Waals surface area contributed by atoms with Gasteiger partial charge in [-0.15, -0.1) is 0 Å². The van der Waals surface area contributed by atoms with Gasteiger partial charge in [0.15, 0.2) is 0 Å². The third kappa shape index (κ3) is 2.42. The van der Waals surface area contributed by atoms with Crippen LogP contribution >= 0.6 is 11.8 Å². The van der Waals surface area contributed by atoms with Crippen molar-refractivity contribution in [2.75, 3.05) is 12.0 Å². The minimum absolute atomic E-state index is 0.0450. The Morgan fingerprint density at radius 2 is 2.16 bits per heavy atom. The van der Waals surface area contributed by atoms with Gasteiger partial charge in [0.1, 0.15) is 0 Å². The Balaban J connectivity index is 1.96. The lowest BCUT2D eigenvalue weighted by molar-refractivity contribution is -0.124. The first-order chi connectivity index (χ1) is 8.83. The van der Waals surface area contributed by atoms with Crippen molar-refractivity contribution >= 4 is 17.7 Å². The molecule has 0 aromatic rings. The summed E-state index contributed by atoms with van der Waals surface area (Å²) in [7, 11) is 0. The lowest BCUT2D eigenvalue weighted by Crippen LogP contribution is -2.51. The van der Waals surface area contributed by atoms with Crippen LogP contribution in [-0.4, -0.2) is 30.0 Å². The number of thioether (sulfide) groups is 1. The fourth-order valence-corrected chi connectivity index (χ4v) is 4.57. The molecule has 3 nitrogen and oxygen atoms in total. The highest BCUT2D eigenvalue weighted by Gasteiger charge is 2.61. The Morgan fingerprint density at radius 1 is 1.47 bits per heavy atom. The average molecular weight is 284 g/mol. The highest BCUT2D eigenvalue weighted by Crippen LogP contribution is 2.65. The van der Waals surface area contributed by atoms with E-state index < -0.39 is 0 Å². The molecule has 2 aliphatic carbocycles. The zero-order chi connectivity index (χ0) is 14.3. The standard InChI is InChI=1S/C15H28N2OS/c1-14(2)10-5-7-15(14,3)12(9-10)17-13(18)11(16)6-8-19-4/h10-12H,5-9,16H2,1-4H3,(H,17,18)/t10?,11-,12?,15?/m0/s1. The van der Waals surface area contributed by atoms with Crippen LogP contribution in [-0.2, 0) is 4.79 Å². The molecule has 1 amide bonds. The number of rotatable bonds is 5. The summed E-state index contributed by atoms with van der Waals surface area (Å²) in [5, 5.41) is 3.24. The second-order valence-corrected chi connectivity index (χ2v) is 8.05. The molecule has 4 atom stereocenters. The van der Waals surface area contributed by atoms with E-state index in [1.54, 1.807) is 11.8 Å². The lowest BCUT2D eigenvalue weighted by Gasteiger charge is -2.39. The summed E-state index contributed by atoms with van der Waals surface area (Å²) in [5.74, 6) is 1.75. The molecule has 2 fully saturated rings. The van der Waals surface area contributed by atoms with Crippen molar-refractivity contribution in [2.24, 2.45) is 22.5 Å². The molecule has 2 saturated carbocycles. The summed E-state index contributed by atoms with van der Waals surface area (Å²) in [5.41, 5.74) is 6.55. The van der Waals surface area contributed by atoms with E-state index in [9.17, 15) is 4.79 Å². The summed E-state index contributed by atoms with van der Waals surface area (Å²) in [6.07, 6.45) is 6.49. The van der Waals surface area contributed by atoms with Crippen LogP contribution in [0.5, 0.6) is 0 Å². The van der Waals surface area contributed by atoms with Crippen LogP contribution < -0.4 is 11.1 Å². The van der Waals surface area contributed by atoms with E-state index in [2.05, 4.69) is 26.1 Å². The van der Waals surface area contributed by atoms with Crippen LogP contribution in [0.2, 0.25) is 0 Å². The number of hydrogen-bond donors (Lipinski definition) is 2. The van der Waals surface area contributed by atoms with Crippen molar-refractivity contribution in [1.29, 1.82) is 0 Å². The van der Waals surface area contributed by atoms with E-state index in [-0.39, 0.29) is 17.4 Å². The van der Waals surface area contributed by atoms with Crippen LogP contribution in [0.1, 0.15) is 46.5 Å². The molecule has 2 rings (SSSR count). The molecule has 0 aromatic carbocycles. The van der Waals surface area contributed by atoms with Gasteiger partial charge in [0.2, 0.25) is 5.91 Å². The summed E-state index contributed by atoms with van der Waals surface area (Å²) >= 11 is 1.74. The van der Waals surface area contributed by atoms with E-state index in [4.69, 9.17) is 5.73 Å². The summed E-state index contributed by atoms with van der Waals surface area (Å²) < 4.78 is 0. The molecular formula is C15H28N2OS. The summed E-state index contributed by atoms with van der Waals surface area (Å²) in [6.45, 7) is 7.08. The van der Waals surface area contributed by atoms with E-state index in [1.807, 2.05) is 6.26 Å². The van der Waals surface area contributed by atoms with Gasteiger partial charge in [-0.2, -0.15) is 11.8 Å². The second-order valence-electron chi connectivity index (χ2n) is 7.06. The molecule has 0 aromatic heterocycles. The predicted octanol–water partition coefficient (Wildman–Crippen LogP) is 2.40. The van der Waals surface area contributed by atoms with Gasteiger partial charge in [-0.05, 0) is 54.4 Å². The molecule has 4 heteroatoms. The molecule has 0 radical (unpaired) electrons. The van der Waals surface area contributed by atoms with Crippen molar-refractivity contribution in [2.45, 2.75) is 58.5 Å². The zero-order valence-electron chi connectivity index (χ0n) is 12.7. The highest BCUT2D eigenvalue weighted by atomic mass is 32.2. The first-order valence-electron chi connectivity index (χ1n) is 7.38. The molecule has 0 heterocycles. The van der Waals surface area contributed by atoms with Gasteiger partial charge >= 0.3 is 0 Å². The maximum Gasteiger partial charge on any atom is 0.237 e. The number of nitrogens with two attached hydrogens (primary N) is 1. The van der Waals surface area contributed by atoms with Crippen LogP contribution in [0.15, 0.2) is 0 Å². The summed E-state index contributed by atoms with van der Waals surface area (Å²) in [4.78, 5) is 12.2. The molecule has 3 N–H and O–H groups in total. The molecule has 2 aliphatic rings. The third-order valence-electron chi connectivity index (χ3n) is 6.08. The van der Waals surface area contributed by atoms with Crippen molar-refractivity contribution in [1.82, 2.24) is 5.32 Å². The normalized spacial score (nSPS) is 37.3. The molecule has 110 valence electrons. The first kappa shape index (κ1) is 15.2. The van der Waals surface area contributed by atoms with Gasteiger partial charge in [0.25, 0.3) is 0 Å². The van der Waals surface area contributed by atoms with Gasteiger partial charge in [0.05, 0.1) is 6.04 Å². The Labute approximate surface area is 121 Å². The SMILES string of the molecule is CSCC[C@H](N)C(=O)NC1CC2CCC1(C)C2(C)C. The molecule has 0 saturated heterocycles. The van der Waals surface area contributed by atoms with Gasteiger partial charge in [-0.3, -0.25) is 4.79 Å². The van der Waals surface area contributed by atoms with Crippen molar-refractivity contribution in [3.05, 3.63) is 0 Å². The van der Waals surface area contributed by atoms with Crippen LogP contribution in [0.4, 0.5) is 0 Å². The predicted molar refractivity (Wildman–Crippen MR) is 82.1 cm³/mol. The monoisotopic (exact) mass is 284 g/mol.